The lowest BCUT2D eigenvalue weighted by molar-refractivity contribution is -0.119. The zero-order chi connectivity index (χ0) is 13.5. The summed E-state index contributed by atoms with van der Waals surface area (Å²) < 4.78 is 5.35. The third-order valence-corrected chi connectivity index (χ3v) is 2.88. The number of hydrogen-bond acceptors (Lipinski definition) is 3. The SMILES string of the molecule is CCC(C)NCc1cc(Cl)ccc1OCC(N)=O.Cl. The van der Waals surface area contributed by atoms with Gasteiger partial charge in [0.25, 0.3) is 5.91 Å². The fraction of sp³-hybridized carbons (Fsp3) is 0.462. The molecule has 1 amide bonds. The van der Waals surface area contributed by atoms with Crippen molar-refractivity contribution in [3.63, 3.8) is 0 Å². The van der Waals surface area contributed by atoms with Crippen molar-refractivity contribution in [2.24, 2.45) is 5.73 Å². The third-order valence-electron chi connectivity index (χ3n) is 2.65. The molecule has 0 aliphatic carbocycles. The highest BCUT2D eigenvalue weighted by Crippen LogP contribution is 2.23. The first kappa shape index (κ1) is 18.0. The zero-order valence-electron chi connectivity index (χ0n) is 11.1. The minimum Gasteiger partial charge on any atom is -0.483 e. The van der Waals surface area contributed by atoms with Gasteiger partial charge >= 0.3 is 0 Å². The Morgan fingerprint density at radius 3 is 2.79 bits per heavy atom. The molecule has 1 unspecified atom stereocenters. The zero-order valence-corrected chi connectivity index (χ0v) is 12.7. The summed E-state index contributed by atoms with van der Waals surface area (Å²) in [5, 5.41) is 3.99. The molecule has 1 aromatic rings. The molecule has 108 valence electrons. The van der Waals surface area contributed by atoms with Gasteiger partial charge in [-0.3, -0.25) is 4.79 Å². The van der Waals surface area contributed by atoms with Gasteiger partial charge in [0.15, 0.2) is 6.61 Å². The maximum Gasteiger partial charge on any atom is 0.255 e. The Bertz CT molecular complexity index is 414. The lowest BCUT2D eigenvalue weighted by Crippen LogP contribution is -2.25. The molecule has 0 aromatic heterocycles. The number of ether oxygens (including phenoxy) is 1. The Labute approximate surface area is 125 Å². The lowest BCUT2D eigenvalue weighted by Gasteiger charge is -2.14. The summed E-state index contributed by atoms with van der Waals surface area (Å²) in [6.07, 6.45) is 1.04. The van der Waals surface area contributed by atoms with E-state index in [1.165, 1.54) is 0 Å². The average Bonchev–Trinajstić information content (AvgIpc) is 2.34. The fourth-order valence-electron chi connectivity index (χ4n) is 1.40. The largest absolute Gasteiger partial charge is 0.483 e. The molecule has 0 aliphatic heterocycles. The second-order valence-electron chi connectivity index (χ2n) is 4.20. The minimum absolute atomic E-state index is 0. The number of amides is 1. The van der Waals surface area contributed by atoms with Gasteiger partial charge in [0.05, 0.1) is 0 Å². The molecular weight excluding hydrogens is 287 g/mol. The first-order chi connectivity index (χ1) is 8.52. The molecule has 0 saturated heterocycles. The van der Waals surface area contributed by atoms with Crippen molar-refractivity contribution in [1.82, 2.24) is 5.32 Å². The number of carbonyl (C=O) groups is 1. The highest BCUT2D eigenvalue weighted by molar-refractivity contribution is 6.30. The van der Waals surface area contributed by atoms with Gasteiger partial charge < -0.3 is 15.8 Å². The Morgan fingerprint density at radius 2 is 2.21 bits per heavy atom. The van der Waals surface area contributed by atoms with Gasteiger partial charge in [0.2, 0.25) is 0 Å². The highest BCUT2D eigenvalue weighted by atomic mass is 35.5. The number of hydrogen-bond donors (Lipinski definition) is 2. The van der Waals surface area contributed by atoms with Crippen LogP contribution in [0.4, 0.5) is 0 Å². The molecule has 3 N–H and O–H groups in total. The molecule has 19 heavy (non-hydrogen) atoms. The molecule has 6 heteroatoms. The standard InChI is InChI=1S/C13H19ClN2O2.ClH/c1-3-9(2)16-7-10-6-11(14)4-5-12(10)18-8-13(15)17;/h4-6,9,16H,3,7-8H2,1-2H3,(H2,15,17);1H. The van der Waals surface area contributed by atoms with Crippen molar-refractivity contribution >= 4 is 29.9 Å². The van der Waals surface area contributed by atoms with E-state index in [4.69, 9.17) is 22.1 Å². The van der Waals surface area contributed by atoms with Gasteiger partial charge in [-0.25, -0.2) is 0 Å². The molecule has 0 aliphatic rings. The molecule has 0 heterocycles. The van der Waals surface area contributed by atoms with E-state index in [0.29, 0.717) is 23.4 Å². The summed E-state index contributed by atoms with van der Waals surface area (Å²) in [6, 6.07) is 5.71. The van der Waals surface area contributed by atoms with Crippen LogP contribution in [0.3, 0.4) is 0 Å². The van der Waals surface area contributed by atoms with Gasteiger partial charge in [-0.05, 0) is 31.5 Å². The fourth-order valence-corrected chi connectivity index (χ4v) is 1.60. The molecule has 1 aromatic carbocycles. The predicted octanol–water partition coefficient (Wildman–Crippen LogP) is 2.51. The monoisotopic (exact) mass is 306 g/mol. The maximum atomic E-state index is 10.7. The highest BCUT2D eigenvalue weighted by Gasteiger charge is 2.07. The molecule has 0 saturated carbocycles. The van der Waals surface area contributed by atoms with Crippen molar-refractivity contribution in [3.8, 4) is 5.75 Å². The van der Waals surface area contributed by atoms with Crippen LogP contribution in [0.2, 0.25) is 5.02 Å². The van der Waals surface area contributed by atoms with Gasteiger partial charge in [0, 0.05) is 23.2 Å². The van der Waals surface area contributed by atoms with Crippen LogP contribution in [-0.2, 0) is 11.3 Å². The lowest BCUT2D eigenvalue weighted by atomic mass is 10.1. The van der Waals surface area contributed by atoms with Crippen LogP contribution in [0.1, 0.15) is 25.8 Å². The first-order valence-electron chi connectivity index (χ1n) is 5.95. The van der Waals surface area contributed by atoms with Crippen LogP contribution in [0.25, 0.3) is 0 Å². The van der Waals surface area contributed by atoms with Crippen LogP contribution in [0.5, 0.6) is 5.75 Å². The van der Waals surface area contributed by atoms with Gasteiger partial charge in [-0.2, -0.15) is 0 Å². The van der Waals surface area contributed by atoms with E-state index in [-0.39, 0.29) is 19.0 Å². The van der Waals surface area contributed by atoms with Crippen LogP contribution < -0.4 is 15.8 Å². The second kappa shape index (κ2) is 9.02. The molecule has 0 spiro atoms. The van der Waals surface area contributed by atoms with Gasteiger partial charge in [0.1, 0.15) is 5.75 Å². The molecule has 1 atom stereocenters. The van der Waals surface area contributed by atoms with E-state index in [2.05, 4.69) is 19.2 Å². The van der Waals surface area contributed by atoms with E-state index in [9.17, 15) is 4.79 Å². The van der Waals surface area contributed by atoms with Crippen LogP contribution >= 0.6 is 24.0 Å². The van der Waals surface area contributed by atoms with Crippen molar-refractivity contribution in [2.45, 2.75) is 32.9 Å². The number of rotatable bonds is 7. The quantitative estimate of drug-likeness (QED) is 0.813. The Hall–Kier alpha value is -0.970. The predicted molar refractivity (Wildman–Crippen MR) is 80.0 cm³/mol. The summed E-state index contributed by atoms with van der Waals surface area (Å²) >= 11 is 5.95. The number of halogens is 2. The van der Waals surface area contributed by atoms with Crippen LogP contribution in [0.15, 0.2) is 18.2 Å². The first-order valence-corrected chi connectivity index (χ1v) is 6.33. The van der Waals surface area contributed by atoms with Crippen molar-refractivity contribution in [3.05, 3.63) is 28.8 Å². The van der Waals surface area contributed by atoms with Gasteiger partial charge in [-0.15, -0.1) is 12.4 Å². The van der Waals surface area contributed by atoms with Crippen LogP contribution in [0, 0.1) is 0 Å². The summed E-state index contributed by atoms with van der Waals surface area (Å²) in [5.41, 5.74) is 5.98. The molecule has 0 fully saturated rings. The van der Waals surface area contributed by atoms with Crippen LogP contribution in [-0.4, -0.2) is 18.6 Å². The van der Waals surface area contributed by atoms with Gasteiger partial charge in [-0.1, -0.05) is 18.5 Å². The Balaban J connectivity index is 0.00000324. The molecule has 4 nitrogen and oxygen atoms in total. The summed E-state index contributed by atoms with van der Waals surface area (Å²) in [7, 11) is 0. The number of nitrogens with two attached hydrogens (primary N) is 1. The number of nitrogens with one attached hydrogen (secondary N) is 1. The average molecular weight is 307 g/mol. The normalized spacial score (nSPS) is 11.5. The summed E-state index contributed by atoms with van der Waals surface area (Å²) in [5.74, 6) is 0.139. The second-order valence-corrected chi connectivity index (χ2v) is 4.63. The van der Waals surface area contributed by atoms with E-state index >= 15 is 0 Å². The molecule has 1 rings (SSSR count). The Morgan fingerprint density at radius 1 is 1.53 bits per heavy atom. The third kappa shape index (κ3) is 6.66. The maximum absolute atomic E-state index is 10.7. The van der Waals surface area contributed by atoms with E-state index in [1.807, 2.05) is 6.07 Å². The topological polar surface area (TPSA) is 64.3 Å². The number of carbonyl (C=O) groups excluding carboxylic acids is 1. The molecular formula is C13H20Cl2N2O2. The van der Waals surface area contributed by atoms with E-state index in [0.717, 1.165) is 12.0 Å². The van der Waals surface area contributed by atoms with Crippen molar-refractivity contribution in [2.75, 3.05) is 6.61 Å². The summed E-state index contributed by atoms with van der Waals surface area (Å²) in [4.78, 5) is 10.7. The minimum atomic E-state index is -0.495. The molecule has 0 bridgehead atoms. The molecule has 0 radical (unpaired) electrons. The Kier molecular flexibility index (Phi) is 8.56. The summed E-state index contributed by atoms with van der Waals surface area (Å²) in [6.45, 7) is 4.73. The number of benzene rings is 1. The van der Waals surface area contributed by atoms with E-state index in [1.54, 1.807) is 12.1 Å². The van der Waals surface area contributed by atoms with E-state index < -0.39 is 5.91 Å². The van der Waals surface area contributed by atoms with Crippen molar-refractivity contribution in [1.29, 1.82) is 0 Å². The van der Waals surface area contributed by atoms with Crippen molar-refractivity contribution < 1.29 is 9.53 Å². The smallest absolute Gasteiger partial charge is 0.255 e. The number of primary amides is 1.